The molecule has 1 aliphatic carbocycles. The van der Waals surface area contributed by atoms with E-state index >= 15 is 0 Å². The number of benzene rings is 1. The third-order valence-electron chi connectivity index (χ3n) is 3.92. The largest absolute Gasteiger partial charge is 0.340 e. The summed E-state index contributed by atoms with van der Waals surface area (Å²) in [6.07, 6.45) is 1.99. The molecule has 19 heavy (non-hydrogen) atoms. The monoisotopic (exact) mass is 278 g/mol. The highest BCUT2D eigenvalue weighted by atomic mass is 35.5. The Labute approximate surface area is 116 Å². The third-order valence-corrected chi connectivity index (χ3v) is 4.17. The Balaban J connectivity index is 1.94. The van der Waals surface area contributed by atoms with Crippen LogP contribution >= 0.6 is 11.6 Å². The van der Waals surface area contributed by atoms with E-state index in [-0.39, 0.29) is 24.3 Å². The lowest BCUT2D eigenvalue weighted by Crippen LogP contribution is -2.66. The van der Waals surface area contributed by atoms with Crippen molar-refractivity contribution in [1.29, 1.82) is 0 Å². The van der Waals surface area contributed by atoms with Crippen molar-refractivity contribution in [3.05, 3.63) is 29.3 Å². The minimum absolute atomic E-state index is 0.0306. The quantitative estimate of drug-likeness (QED) is 0.899. The molecule has 2 aliphatic rings. The van der Waals surface area contributed by atoms with Crippen LogP contribution < -0.4 is 10.2 Å². The highest BCUT2D eigenvalue weighted by Gasteiger charge is 2.52. The first-order valence-corrected chi connectivity index (χ1v) is 6.77. The zero-order chi connectivity index (χ0) is 13.6. The highest BCUT2D eigenvalue weighted by molar-refractivity contribution is 6.30. The summed E-state index contributed by atoms with van der Waals surface area (Å²) in [4.78, 5) is 26.1. The standard InChI is InChI=1S/C14H15ClN2O2/c1-14(9-2-3-9)13(19)17(8-12(18)16-14)11-6-4-10(15)5-7-11/h4-7,9H,2-3,8H2,1H3,(H,16,18). The second-order valence-corrected chi connectivity index (χ2v) is 5.83. The molecule has 1 N–H and O–H groups in total. The van der Waals surface area contributed by atoms with E-state index in [2.05, 4.69) is 5.32 Å². The molecule has 0 aromatic heterocycles. The van der Waals surface area contributed by atoms with Crippen LogP contribution in [0.2, 0.25) is 5.02 Å². The van der Waals surface area contributed by atoms with Crippen LogP contribution in [-0.2, 0) is 9.59 Å². The summed E-state index contributed by atoms with van der Waals surface area (Å²) in [6.45, 7) is 1.90. The fraction of sp³-hybridized carbons (Fsp3) is 0.429. The van der Waals surface area contributed by atoms with Gasteiger partial charge in [0.05, 0.1) is 0 Å². The zero-order valence-corrected chi connectivity index (χ0v) is 11.4. The lowest BCUT2D eigenvalue weighted by Gasteiger charge is -2.40. The second kappa shape index (κ2) is 4.23. The van der Waals surface area contributed by atoms with Crippen LogP contribution in [0.15, 0.2) is 24.3 Å². The number of carbonyl (C=O) groups is 2. The summed E-state index contributed by atoms with van der Waals surface area (Å²) in [5.41, 5.74) is -0.0364. The minimum Gasteiger partial charge on any atom is -0.340 e. The van der Waals surface area contributed by atoms with Crippen LogP contribution in [-0.4, -0.2) is 23.9 Å². The van der Waals surface area contributed by atoms with Crippen molar-refractivity contribution in [3.8, 4) is 0 Å². The number of hydrogen-bond acceptors (Lipinski definition) is 2. The van der Waals surface area contributed by atoms with Crippen molar-refractivity contribution in [2.75, 3.05) is 11.4 Å². The van der Waals surface area contributed by atoms with Crippen LogP contribution in [0.25, 0.3) is 0 Å². The van der Waals surface area contributed by atoms with E-state index in [1.54, 1.807) is 29.2 Å². The first-order valence-electron chi connectivity index (χ1n) is 6.39. The Morgan fingerprint density at radius 3 is 2.47 bits per heavy atom. The molecule has 1 saturated heterocycles. The molecule has 1 unspecified atom stereocenters. The average Bonchev–Trinajstić information content (AvgIpc) is 3.19. The Kier molecular flexibility index (Phi) is 2.78. The zero-order valence-electron chi connectivity index (χ0n) is 10.6. The first kappa shape index (κ1) is 12.5. The van der Waals surface area contributed by atoms with Gasteiger partial charge in [0.2, 0.25) is 5.91 Å². The van der Waals surface area contributed by atoms with Crippen molar-refractivity contribution in [1.82, 2.24) is 5.32 Å². The van der Waals surface area contributed by atoms with Crippen LogP contribution in [0.5, 0.6) is 0 Å². The maximum atomic E-state index is 12.6. The normalized spacial score (nSPS) is 27.4. The molecule has 1 atom stereocenters. The molecule has 100 valence electrons. The molecular weight excluding hydrogens is 264 g/mol. The molecule has 3 rings (SSSR count). The number of nitrogens with zero attached hydrogens (tertiary/aromatic N) is 1. The van der Waals surface area contributed by atoms with Crippen molar-refractivity contribution < 1.29 is 9.59 Å². The number of halogens is 1. The van der Waals surface area contributed by atoms with E-state index in [4.69, 9.17) is 11.6 Å². The lowest BCUT2D eigenvalue weighted by molar-refractivity contribution is -0.136. The molecule has 0 bridgehead atoms. The summed E-state index contributed by atoms with van der Waals surface area (Å²) in [5.74, 6) is 0.125. The third kappa shape index (κ3) is 2.10. The van der Waals surface area contributed by atoms with Crippen LogP contribution in [0.3, 0.4) is 0 Å². The summed E-state index contributed by atoms with van der Waals surface area (Å²) in [7, 11) is 0. The predicted octanol–water partition coefficient (Wildman–Crippen LogP) is 1.97. The number of anilines is 1. The van der Waals surface area contributed by atoms with E-state index in [0.29, 0.717) is 5.02 Å². The topological polar surface area (TPSA) is 49.4 Å². The van der Waals surface area contributed by atoms with Gasteiger partial charge in [0.1, 0.15) is 12.1 Å². The molecule has 2 amide bonds. The first-order chi connectivity index (χ1) is 9.00. The van der Waals surface area contributed by atoms with Gasteiger partial charge in [-0.15, -0.1) is 0 Å². The number of nitrogens with one attached hydrogen (secondary N) is 1. The summed E-state index contributed by atoms with van der Waals surface area (Å²) >= 11 is 5.85. The van der Waals surface area contributed by atoms with E-state index in [0.717, 1.165) is 18.5 Å². The molecule has 4 nitrogen and oxygen atoms in total. The number of rotatable bonds is 2. The van der Waals surface area contributed by atoms with Gasteiger partial charge < -0.3 is 10.2 Å². The van der Waals surface area contributed by atoms with Crippen molar-refractivity contribution in [2.24, 2.45) is 5.92 Å². The van der Waals surface area contributed by atoms with Gasteiger partial charge in [-0.1, -0.05) is 11.6 Å². The van der Waals surface area contributed by atoms with Crippen LogP contribution in [0, 0.1) is 5.92 Å². The molecule has 5 heteroatoms. The molecule has 1 heterocycles. The van der Waals surface area contributed by atoms with Gasteiger partial charge in [-0.25, -0.2) is 0 Å². The van der Waals surface area contributed by atoms with Crippen LogP contribution in [0.1, 0.15) is 19.8 Å². The maximum absolute atomic E-state index is 12.6. The van der Waals surface area contributed by atoms with E-state index < -0.39 is 5.54 Å². The summed E-state index contributed by atoms with van der Waals surface area (Å²) in [5, 5.41) is 3.47. The molecule has 2 fully saturated rings. The van der Waals surface area contributed by atoms with Gasteiger partial charge in [-0.3, -0.25) is 9.59 Å². The Morgan fingerprint density at radius 1 is 1.26 bits per heavy atom. The van der Waals surface area contributed by atoms with E-state index in [9.17, 15) is 9.59 Å². The van der Waals surface area contributed by atoms with Gasteiger partial charge in [0, 0.05) is 10.7 Å². The number of amides is 2. The van der Waals surface area contributed by atoms with E-state index in [1.807, 2.05) is 6.92 Å². The molecule has 0 radical (unpaired) electrons. The predicted molar refractivity (Wildman–Crippen MR) is 73.1 cm³/mol. The molecule has 1 aromatic carbocycles. The Morgan fingerprint density at radius 2 is 1.89 bits per heavy atom. The number of carbonyl (C=O) groups excluding carboxylic acids is 2. The molecule has 1 saturated carbocycles. The fourth-order valence-corrected chi connectivity index (χ4v) is 2.77. The summed E-state index contributed by atoms with van der Waals surface area (Å²) in [6, 6.07) is 6.99. The van der Waals surface area contributed by atoms with Gasteiger partial charge in [-0.2, -0.15) is 0 Å². The summed E-state index contributed by atoms with van der Waals surface area (Å²) < 4.78 is 0. The Bertz CT molecular complexity index is 539. The Hall–Kier alpha value is -1.55. The molecule has 1 aliphatic heterocycles. The SMILES string of the molecule is CC1(C2CC2)NC(=O)CN(c2ccc(Cl)cc2)C1=O. The molecular formula is C14H15ClN2O2. The van der Waals surface area contributed by atoms with Crippen molar-refractivity contribution in [2.45, 2.75) is 25.3 Å². The van der Waals surface area contributed by atoms with Gasteiger partial charge >= 0.3 is 0 Å². The van der Waals surface area contributed by atoms with Crippen molar-refractivity contribution in [3.63, 3.8) is 0 Å². The number of piperazine rings is 1. The number of hydrogen-bond donors (Lipinski definition) is 1. The van der Waals surface area contributed by atoms with Gasteiger partial charge in [0.25, 0.3) is 5.91 Å². The smallest absolute Gasteiger partial charge is 0.253 e. The fourth-order valence-electron chi connectivity index (χ4n) is 2.65. The van der Waals surface area contributed by atoms with E-state index in [1.165, 1.54) is 0 Å². The van der Waals surface area contributed by atoms with Gasteiger partial charge in [0.15, 0.2) is 0 Å². The van der Waals surface area contributed by atoms with Gasteiger partial charge in [-0.05, 0) is 49.9 Å². The molecule has 0 spiro atoms. The lowest BCUT2D eigenvalue weighted by atomic mass is 9.91. The van der Waals surface area contributed by atoms with Crippen molar-refractivity contribution >= 4 is 29.1 Å². The van der Waals surface area contributed by atoms with Crippen LogP contribution in [0.4, 0.5) is 5.69 Å². The highest BCUT2D eigenvalue weighted by Crippen LogP contribution is 2.42. The molecule has 1 aromatic rings. The maximum Gasteiger partial charge on any atom is 0.253 e. The average molecular weight is 279 g/mol. The second-order valence-electron chi connectivity index (χ2n) is 5.39. The minimum atomic E-state index is -0.755.